The van der Waals surface area contributed by atoms with Crippen LogP contribution in [0.2, 0.25) is 0 Å². The average Bonchev–Trinajstić information content (AvgIpc) is 3.28. The summed E-state index contributed by atoms with van der Waals surface area (Å²) in [5, 5.41) is 7.14. The second-order valence-corrected chi connectivity index (χ2v) is 9.04. The maximum absolute atomic E-state index is 12.7. The van der Waals surface area contributed by atoms with E-state index in [9.17, 15) is 4.79 Å². The number of aromatic amines is 1. The van der Waals surface area contributed by atoms with Gasteiger partial charge in [0.25, 0.3) is 5.56 Å². The molecule has 0 aliphatic rings. The maximum atomic E-state index is 12.7. The standard InChI is InChI=1S/C25H25N3OS2/c1-18-9-10-23-20(14-18)15-21(24(29)27-23)16-28(17-22-8-5-13-31-22)25(30)26-12-11-19-6-3-2-4-7-19/h2-10,13-15H,11-12,16-17H2,1H3,(H,26,30)(H,27,29). The van der Waals surface area contributed by atoms with Crippen molar-refractivity contribution in [3.05, 3.63) is 104 Å². The lowest BCUT2D eigenvalue weighted by Gasteiger charge is -2.25. The SMILES string of the molecule is Cc1ccc2[nH]c(=O)c(CN(Cc3cccs3)C(=S)NCCc3ccccc3)cc2c1. The van der Waals surface area contributed by atoms with Crippen molar-refractivity contribution in [2.75, 3.05) is 6.54 Å². The lowest BCUT2D eigenvalue weighted by Crippen LogP contribution is -2.40. The molecule has 158 valence electrons. The molecule has 0 saturated heterocycles. The van der Waals surface area contributed by atoms with E-state index in [4.69, 9.17) is 12.2 Å². The number of nitrogens with zero attached hydrogens (tertiary/aromatic N) is 1. The Labute approximate surface area is 191 Å². The van der Waals surface area contributed by atoms with Crippen LogP contribution in [0, 0.1) is 6.92 Å². The van der Waals surface area contributed by atoms with E-state index in [2.05, 4.69) is 51.8 Å². The summed E-state index contributed by atoms with van der Waals surface area (Å²) in [6.07, 6.45) is 0.893. The minimum Gasteiger partial charge on any atom is -0.362 e. The molecule has 0 atom stereocenters. The molecular weight excluding hydrogens is 422 g/mol. The van der Waals surface area contributed by atoms with Gasteiger partial charge in [-0.05, 0) is 66.2 Å². The number of thiophene rings is 1. The number of thiocarbonyl (C=S) groups is 1. The van der Waals surface area contributed by atoms with E-state index in [0.29, 0.717) is 23.8 Å². The summed E-state index contributed by atoms with van der Waals surface area (Å²) in [6.45, 7) is 3.92. The Hall–Kier alpha value is -2.96. The molecule has 2 aromatic carbocycles. The van der Waals surface area contributed by atoms with E-state index in [0.717, 1.165) is 23.9 Å². The van der Waals surface area contributed by atoms with E-state index in [1.54, 1.807) is 11.3 Å². The number of aromatic nitrogens is 1. The quantitative estimate of drug-likeness (QED) is 0.391. The number of H-pyrrole nitrogens is 1. The number of hydrogen-bond acceptors (Lipinski definition) is 3. The van der Waals surface area contributed by atoms with Gasteiger partial charge in [0.15, 0.2) is 5.11 Å². The van der Waals surface area contributed by atoms with Crippen LogP contribution in [0.25, 0.3) is 10.9 Å². The van der Waals surface area contributed by atoms with Gasteiger partial charge >= 0.3 is 0 Å². The summed E-state index contributed by atoms with van der Waals surface area (Å²) < 4.78 is 0. The lowest BCUT2D eigenvalue weighted by molar-refractivity contribution is 0.401. The van der Waals surface area contributed by atoms with E-state index in [1.165, 1.54) is 16.0 Å². The Morgan fingerprint density at radius 3 is 2.68 bits per heavy atom. The molecule has 0 fully saturated rings. The van der Waals surface area contributed by atoms with Crippen molar-refractivity contribution in [1.82, 2.24) is 15.2 Å². The van der Waals surface area contributed by atoms with Crippen molar-refractivity contribution in [2.24, 2.45) is 0 Å². The van der Waals surface area contributed by atoms with Crippen LogP contribution in [-0.2, 0) is 19.5 Å². The summed E-state index contributed by atoms with van der Waals surface area (Å²) in [5.74, 6) is 0. The van der Waals surface area contributed by atoms with E-state index >= 15 is 0 Å². The molecule has 2 aromatic heterocycles. The second-order valence-electron chi connectivity index (χ2n) is 7.62. The highest BCUT2D eigenvalue weighted by Gasteiger charge is 2.14. The third-order valence-corrected chi connectivity index (χ3v) is 6.45. The Kier molecular flexibility index (Phi) is 6.79. The summed E-state index contributed by atoms with van der Waals surface area (Å²) in [5.41, 5.74) is 3.93. The molecule has 0 unspecified atom stereocenters. The molecule has 0 aliphatic carbocycles. The second kappa shape index (κ2) is 9.90. The number of benzene rings is 2. The van der Waals surface area contributed by atoms with Gasteiger partial charge in [-0.1, -0.05) is 48.0 Å². The first kappa shape index (κ1) is 21.3. The Balaban J connectivity index is 1.52. The third-order valence-electron chi connectivity index (χ3n) is 5.18. The minimum absolute atomic E-state index is 0.0698. The Morgan fingerprint density at radius 2 is 1.90 bits per heavy atom. The van der Waals surface area contributed by atoms with Crippen molar-refractivity contribution in [3.63, 3.8) is 0 Å². The fourth-order valence-electron chi connectivity index (χ4n) is 3.55. The normalized spacial score (nSPS) is 10.9. The number of nitrogens with one attached hydrogen (secondary N) is 2. The molecule has 0 aliphatic heterocycles. The Bertz CT molecular complexity index is 1220. The maximum Gasteiger partial charge on any atom is 0.253 e. The van der Waals surface area contributed by atoms with Gasteiger partial charge in [-0.25, -0.2) is 0 Å². The topological polar surface area (TPSA) is 48.1 Å². The van der Waals surface area contributed by atoms with Gasteiger partial charge < -0.3 is 15.2 Å². The lowest BCUT2D eigenvalue weighted by atomic mass is 10.1. The fraction of sp³-hybridized carbons (Fsp3) is 0.200. The summed E-state index contributed by atoms with van der Waals surface area (Å²) in [7, 11) is 0. The van der Waals surface area contributed by atoms with Gasteiger partial charge in [0, 0.05) is 22.5 Å². The first-order valence-electron chi connectivity index (χ1n) is 10.3. The predicted molar refractivity (Wildman–Crippen MR) is 134 cm³/mol. The van der Waals surface area contributed by atoms with Crippen LogP contribution in [0.5, 0.6) is 0 Å². The van der Waals surface area contributed by atoms with E-state index < -0.39 is 0 Å². The van der Waals surface area contributed by atoms with Crippen LogP contribution < -0.4 is 10.9 Å². The number of fused-ring (bicyclic) bond motifs is 1. The molecule has 4 rings (SSSR count). The zero-order valence-corrected chi connectivity index (χ0v) is 19.1. The van der Waals surface area contributed by atoms with Crippen LogP contribution in [-0.4, -0.2) is 21.5 Å². The van der Waals surface area contributed by atoms with Crippen LogP contribution in [0.4, 0.5) is 0 Å². The number of rotatable bonds is 7. The minimum atomic E-state index is -0.0698. The molecule has 0 amide bonds. The number of hydrogen-bond donors (Lipinski definition) is 2. The van der Waals surface area contributed by atoms with Crippen LogP contribution in [0.1, 0.15) is 21.6 Å². The summed E-state index contributed by atoms with van der Waals surface area (Å²) >= 11 is 7.42. The van der Waals surface area contributed by atoms with Crippen LogP contribution in [0.15, 0.2) is 76.9 Å². The fourth-order valence-corrected chi connectivity index (χ4v) is 4.51. The van der Waals surface area contributed by atoms with Crippen LogP contribution >= 0.6 is 23.6 Å². The highest BCUT2D eigenvalue weighted by Crippen LogP contribution is 2.17. The first-order valence-corrected chi connectivity index (χ1v) is 11.6. The van der Waals surface area contributed by atoms with Gasteiger partial charge in [0.05, 0.1) is 13.1 Å². The average molecular weight is 448 g/mol. The molecule has 2 N–H and O–H groups in total. The van der Waals surface area contributed by atoms with Gasteiger partial charge in [-0.15, -0.1) is 11.3 Å². The van der Waals surface area contributed by atoms with Crippen molar-refractivity contribution in [1.29, 1.82) is 0 Å². The predicted octanol–water partition coefficient (Wildman–Crippen LogP) is 5.02. The molecule has 4 aromatic rings. The Morgan fingerprint density at radius 1 is 1.06 bits per heavy atom. The highest BCUT2D eigenvalue weighted by atomic mass is 32.1. The van der Waals surface area contributed by atoms with Gasteiger partial charge in [-0.3, -0.25) is 4.79 Å². The third kappa shape index (κ3) is 5.60. The molecule has 31 heavy (non-hydrogen) atoms. The summed E-state index contributed by atoms with van der Waals surface area (Å²) in [6, 6.07) is 22.5. The van der Waals surface area contributed by atoms with Gasteiger partial charge in [0.1, 0.15) is 0 Å². The van der Waals surface area contributed by atoms with Gasteiger partial charge in [0.2, 0.25) is 0 Å². The molecule has 0 saturated carbocycles. The van der Waals surface area contributed by atoms with E-state index in [1.807, 2.05) is 42.5 Å². The van der Waals surface area contributed by atoms with Crippen LogP contribution in [0.3, 0.4) is 0 Å². The van der Waals surface area contributed by atoms with E-state index in [-0.39, 0.29) is 5.56 Å². The number of pyridine rings is 1. The molecule has 4 nitrogen and oxygen atoms in total. The van der Waals surface area contributed by atoms with Gasteiger partial charge in [-0.2, -0.15) is 0 Å². The molecule has 0 spiro atoms. The monoisotopic (exact) mass is 447 g/mol. The smallest absolute Gasteiger partial charge is 0.253 e. The van der Waals surface area contributed by atoms with Crippen molar-refractivity contribution >= 4 is 39.6 Å². The van der Waals surface area contributed by atoms with Crippen molar-refractivity contribution in [3.8, 4) is 0 Å². The molecule has 0 bridgehead atoms. The zero-order chi connectivity index (χ0) is 21.6. The highest BCUT2D eigenvalue weighted by molar-refractivity contribution is 7.80. The van der Waals surface area contributed by atoms with Crippen molar-refractivity contribution < 1.29 is 0 Å². The first-order chi connectivity index (χ1) is 15.1. The van der Waals surface area contributed by atoms with Crippen molar-refractivity contribution in [2.45, 2.75) is 26.4 Å². The number of aryl methyl sites for hydroxylation is 1. The molecule has 2 heterocycles. The molecular formula is C25H25N3OS2. The zero-order valence-electron chi connectivity index (χ0n) is 17.4. The largest absolute Gasteiger partial charge is 0.362 e. The summed E-state index contributed by atoms with van der Waals surface area (Å²) in [4.78, 5) is 19.0. The molecule has 6 heteroatoms. The molecule has 0 radical (unpaired) electrons.